The Kier molecular flexibility index (Phi) is 4.62. The van der Waals surface area contributed by atoms with Gasteiger partial charge in [0, 0.05) is 6.42 Å². The third kappa shape index (κ3) is 4.38. The van der Waals surface area contributed by atoms with Crippen molar-refractivity contribution in [2.75, 3.05) is 0 Å². The number of Topliss-reactive ketones (excluding diaryl/α,β-unsaturated/α-hetero) is 1. The van der Waals surface area contributed by atoms with Gasteiger partial charge in [-0.1, -0.05) is 26.0 Å². The average molecular weight is 260 g/mol. The Morgan fingerprint density at radius 2 is 1.68 bits per heavy atom. The number of carbonyl (C=O) groups is 1. The van der Waals surface area contributed by atoms with Gasteiger partial charge in [0.2, 0.25) is 0 Å². The van der Waals surface area contributed by atoms with Crippen LogP contribution >= 0.6 is 0 Å². The minimum absolute atomic E-state index is 0.198. The zero-order chi connectivity index (χ0) is 13.8. The highest BCUT2D eigenvalue weighted by molar-refractivity contribution is 5.78. The van der Waals surface area contributed by atoms with Crippen molar-refractivity contribution >= 4 is 5.78 Å². The van der Waals surface area contributed by atoms with Crippen molar-refractivity contribution in [3.63, 3.8) is 0 Å². The SMILES string of the molecule is CC(=O)Cc1ccc(OC2CC(C)CC(C)C2)cc1. The Bertz CT molecular complexity index is 411. The standard InChI is InChI=1S/C17H24O2/c1-12-8-13(2)10-17(9-12)19-16-6-4-15(5-7-16)11-14(3)18/h4-7,12-13,17H,8-11H2,1-3H3. The monoisotopic (exact) mass is 260 g/mol. The van der Waals surface area contributed by atoms with Gasteiger partial charge in [0.1, 0.15) is 11.5 Å². The van der Waals surface area contributed by atoms with Gasteiger partial charge in [0.05, 0.1) is 6.10 Å². The van der Waals surface area contributed by atoms with Crippen LogP contribution in [0.2, 0.25) is 0 Å². The van der Waals surface area contributed by atoms with E-state index in [4.69, 9.17) is 4.74 Å². The molecule has 1 fully saturated rings. The van der Waals surface area contributed by atoms with Gasteiger partial charge in [-0.05, 0) is 55.7 Å². The molecule has 0 N–H and O–H groups in total. The van der Waals surface area contributed by atoms with Crippen LogP contribution in [0.5, 0.6) is 5.75 Å². The molecule has 2 nitrogen and oxygen atoms in total. The van der Waals surface area contributed by atoms with Crippen LogP contribution in [0.3, 0.4) is 0 Å². The highest BCUT2D eigenvalue weighted by Crippen LogP contribution is 2.31. The third-order valence-corrected chi connectivity index (χ3v) is 3.81. The molecular formula is C17H24O2. The average Bonchev–Trinajstić information content (AvgIpc) is 2.29. The van der Waals surface area contributed by atoms with E-state index in [9.17, 15) is 4.79 Å². The fourth-order valence-electron chi connectivity index (χ4n) is 3.14. The van der Waals surface area contributed by atoms with E-state index in [1.165, 1.54) is 6.42 Å². The van der Waals surface area contributed by atoms with Crippen LogP contribution in [-0.2, 0) is 11.2 Å². The molecule has 2 unspecified atom stereocenters. The molecule has 1 saturated carbocycles. The lowest BCUT2D eigenvalue weighted by Gasteiger charge is -2.31. The Hall–Kier alpha value is -1.31. The maximum atomic E-state index is 11.1. The summed E-state index contributed by atoms with van der Waals surface area (Å²) in [4.78, 5) is 11.1. The van der Waals surface area contributed by atoms with E-state index in [1.54, 1.807) is 6.92 Å². The molecule has 19 heavy (non-hydrogen) atoms. The lowest BCUT2D eigenvalue weighted by Crippen LogP contribution is -2.28. The second-order valence-corrected chi connectivity index (χ2v) is 6.18. The Morgan fingerprint density at radius 1 is 1.11 bits per heavy atom. The van der Waals surface area contributed by atoms with Crippen LogP contribution < -0.4 is 4.74 Å². The highest BCUT2D eigenvalue weighted by atomic mass is 16.5. The van der Waals surface area contributed by atoms with Crippen LogP contribution in [0.15, 0.2) is 24.3 Å². The van der Waals surface area contributed by atoms with Crippen LogP contribution in [0.4, 0.5) is 0 Å². The van der Waals surface area contributed by atoms with Crippen molar-refractivity contribution in [3.05, 3.63) is 29.8 Å². The lowest BCUT2D eigenvalue weighted by atomic mass is 9.82. The molecule has 1 aliphatic carbocycles. The van der Waals surface area contributed by atoms with Crippen LogP contribution in [0.25, 0.3) is 0 Å². The number of benzene rings is 1. The highest BCUT2D eigenvalue weighted by Gasteiger charge is 2.25. The van der Waals surface area contributed by atoms with Crippen LogP contribution in [0, 0.1) is 11.8 Å². The summed E-state index contributed by atoms with van der Waals surface area (Å²) in [7, 11) is 0. The number of rotatable bonds is 4. The molecule has 1 aliphatic rings. The molecule has 1 aromatic rings. The second-order valence-electron chi connectivity index (χ2n) is 6.18. The number of hydrogen-bond donors (Lipinski definition) is 0. The predicted octanol–water partition coefficient (Wildman–Crippen LogP) is 4.02. The molecule has 0 saturated heterocycles. The van der Waals surface area contributed by atoms with Crippen molar-refractivity contribution in [3.8, 4) is 5.75 Å². The van der Waals surface area contributed by atoms with E-state index in [0.717, 1.165) is 36.0 Å². The molecular weight excluding hydrogens is 236 g/mol. The largest absolute Gasteiger partial charge is 0.490 e. The minimum atomic E-state index is 0.198. The molecule has 0 spiro atoms. The zero-order valence-corrected chi connectivity index (χ0v) is 12.2. The maximum absolute atomic E-state index is 11.1. The van der Waals surface area contributed by atoms with Gasteiger partial charge < -0.3 is 4.74 Å². The first kappa shape index (κ1) is 14.1. The topological polar surface area (TPSA) is 26.3 Å². The molecule has 0 radical (unpaired) electrons. The molecule has 104 valence electrons. The van der Waals surface area contributed by atoms with Gasteiger partial charge in [-0.2, -0.15) is 0 Å². The summed E-state index contributed by atoms with van der Waals surface area (Å²) in [6.45, 7) is 6.24. The molecule has 0 bridgehead atoms. The lowest BCUT2D eigenvalue weighted by molar-refractivity contribution is -0.116. The molecule has 0 amide bonds. The third-order valence-electron chi connectivity index (χ3n) is 3.81. The number of hydrogen-bond acceptors (Lipinski definition) is 2. The van der Waals surface area contributed by atoms with Crippen molar-refractivity contribution < 1.29 is 9.53 Å². The quantitative estimate of drug-likeness (QED) is 0.817. The summed E-state index contributed by atoms with van der Waals surface area (Å²) in [5, 5.41) is 0. The summed E-state index contributed by atoms with van der Waals surface area (Å²) in [6.07, 6.45) is 4.48. The van der Waals surface area contributed by atoms with E-state index in [1.807, 2.05) is 24.3 Å². The minimum Gasteiger partial charge on any atom is -0.490 e. The molecule has 0 aromatic heterocycles. The molecule has 2 heteroatoms. The Balaban J connectivity index is 1.93. The van der Waals surface area contributed by atoms with Gasteiger partial charge in [-0.15, -0.1) is 0 Å². The number of carbonyl (C=O) groups excluding carboxylic acids is 1. The first-order chi connectivity index (χ1) is 9.02. The van der Waals surface area contributed by atoms with Gasteiger partial charge in [-0.3, -0.25) is 4.79 Å². The Morgan fingerprint density at radius 3 is 2.21 bits per heavy atom. The number of ether oxygens (including phenoxy) is 1. The van der Waals surface area contributed by atoms with Crippen LogP contribution in [-0.4, -0.2) is 11.9 Å². The first-order valence-electron chi connectivity index (χ1n) is 7.28. The van der Waals surface area contributed by atoms with E-state index < -0.39 is 0 Å². The predicted molar refractivity (Wildman–Crippen MR) is 77.4 cm³/mol. The first-order valence-corrected chi connectivity index (χ1v) is 7.28. The van der Waals surface area contributed by atoms with E-state index in [2.05, 4.69) is 13.8 Å². The van der Waals surface area contributed by atoms with Crippen LogP contribution in [0.1, 0.15) is 45.6 Å². The van der Waals surface area contributed by atoms with Crippen molar-refractivity contribution in [2.24, 2.45) is 11.8 Å². The summed E-state index contributed by atoms with van der Waals surface area (Å²) in [5.74, 6) is 2.64. The maximum Gasteiger partial charge on any atom is 0.134 e. The molecule has 2 rings (SSSR count). The summed E-state index contributed by atoms with van der Waals surface area (Å²) in [6, 6.07) is 7.96. The smallest absolute Gasteiger partial charge is 0.134 e. The van der Waals surface area contributed by atoms with Gasteiger partial charge in [0.25, 0.3) is 0 Å². The fourth-order valence-corrected chi connectivity index (χ4v) is 3.14. The van der Waals surface area contributed by atoms with Gasteiger partial charge >= 0.3 is 0 Å². The Labute approximate surface area is 116 Å². The summed E-state index contributed by atoms with van der Waals surface area (Å²) in [5.41, 5.74) is 1.06. The second kappa shape index (κ2) is 6.23. The van der Waals surface area contributed by atoms with E-state index in [0.29, 0.717) is 12.5 Å². The van der Waals surface area contributed by atoms with Crippen molar-refractivity contribution in [2.45, 2.75) is 52.6 Å². The molecule has 0 aliphatic heterocycles. The normalized spacial score (nSPS) is 27.0. The molecule has 1 aromatic carbocycles. The van der Waals surface area contributed by atoms with Gasteiger partial charge in [-0.25, -0.2) is 0 Å². The van der Waals surface area contributed by atoms with Crippen molar-refractivity contribution in [1.82, 2.24) is 0 Å². The fraction of sp³-hybridized carbons (Fsp3) is 0.588. The van der Waals surface area contributed by atoms with E-state index in [-0.39, 0.29) is 5.78 Å². The van der Waals surface area contributed by atoms with E-state index >= 15 is 0 Å². The summed E-state index contributed by atoms with van der Waals surface area (Å²) < 4.78 is 6.07. The van der Waals surface area contributed by atoms with Crippen molar-refractivity contribution in [1.29, 1.82) is 0 Å². The van der Waals surface area contributed by atoms with Gasteiger partial charge in [0.15, 0.2) is 0 Å². The summed E-state index contributed by atoms with van der Waals surface area (Å²) >= 11 is 0. The molecule has 0 heterocycles. The number of ketones is 1. The zero-order valence-electron chi connectivity index (χ0n) is 12.2. The molecule has 2 atom stereocenters.